The molecule has 0 heterocycles. The summed E-state index contributed by atoms with van der Waals surface area (Å²) in [4.78, 5) is 10.9. The van der Waals surface area contributed by atoms with Crippen LogP contribution in [0.5, 0.6) is 0 Å². The highest BCUT2D eigenvalue weighted by atomic mass is 16.5. The third kappa shape index (κ3) is 4.45. The molecule has 0 aliphatic heterocycles. The molecule has 15 heavy (non-hydrogen) atoms. The van der Waals surface area contributed by atoms with Gasteiger partial charge in [-0.05, 0) is 18.9 Å². The molecule has 1 aromatic rings. The first kappa shape index (κ1) is 11.5. The fourth-order valence-corrected chi connectivity index (χ4v) is 1.31. The fourth-order valence-electron chi connectivity index (χ4n) is 1.31. The van der Waals surface area contributed by atoms with Crippen LogP contribution in [0.2, 0.25) is 0 Å². The molecule has 0 saturated heterocycles. The van der Waals surface area contributed by atoms with E-state index in [1.165, 1.54) is 18.2 Å². The Balaban J connectivity index is 2.50. The van der Waals surface area contributed by atoms with Gasteiger partial charge in [0.05, 0.1) is 7.11 Å². The molecule has 2 heteroatoms. The molecule has 0 atom stereocenters. The molecule has 2 nitrogen and oxygen atoms in total. The number of methoxy groups -OCH3 is 1. The van der Waals surface area contributed by atoms with Crippen LogP contribution in [0, 0.1) is 0 Å². The minimum atomic E-state index is -0.157. The van der Waals surface area contributed by atoms with Crippen LogP contribution < -0.4 is 0 Å². The smallest absolute Gasteiger partial charge is 0.305 e. The maximum absolute atomic E-state index is 10.9. The van der Waals surface area contributed by atoms with E-state index in [0.29, 0.717) is 6.42 Å². The van der Waals surface area contributed by atoms with Gasteiger partial charge in [0, 0.05) is 6.42 Å². The SMILES string of the molecule is COC(=O)CC/C(C)=C/c1ccccc1. The summed E-state index contributed by atoms with van der Waals surface area (Å²) in [5.74, 6) is -0.157. The Morgan fingerprint density at radius 2 is 1.93 bits per heavy atom. The molecule has 1 rings (SSSR count). The summed E-state index contributed by atoms with van der Waals surface area (Å²) in [5, 5.41) is 0. The van der Waals surface area contributed by atoms with Crippen molar-refractivity contribution in [3.05, 3.63) is 41.5 Å². The number of hydrogen-bond acceptors (Lipinski definition) is 2. The Morgan fingerprint density at radius 3 is 2.53 bits per heavy atom. The van der Waals surface area contributed by atoms with Crippen molar-refractivity contribution in [1.29, 1.82) is 0 Å². The maximum Gasteiger partial charge on any atom is 0.305 e. The Labute approximate surface area is 90.6 Å². The molecule has 0 radical (unpaired) electrons. The van der Waals surface area contributed by atoms with E-state index < -0.39 is 0 Å². The number of ether oxygens (including phenoxy) is 1. The number of rotatable bonds is 4. The van der Waals surface area contributed by atoms with Crippen LogP contribution in [-0.4, -0.2) is 13.1 Å². The summed E-state index contributed by atoms with van der Waals surface area (Å²) < 4.78 is 4.58. The zero-order chi connectivity index (χ0) is 11.1. The molecule has 1 aromatic carbocycles. The number of hydrogen-bond donors (Lipinski definition) is 0. The quantitative estimate of drug-likeness (QED) is 0.704. The number of esters is 1. The normalized spacial score (nSPS) is 11.2. The van der Waals surface area contributed by atoms with Crippen molar-refractivity contribution in [2.75, 3.05) is 7.11 Å². The van der Waals surface area contributed by atoms with Crippen molar-refractivity contribution in [2.24, 2.45) is 0 Å². The van der Waals surface area contributed by atoms with E-state index in [4.69, 9.17) is 0 Å². The second-order valence-corrected chi connectivity index (χ2v) is 3.48. The summed E-state index contributed by atoms with van der Waals surface area (Å²) in [6.45, 7) is 2.02. The van der Waals surface area contributed by atoms with E-state index >= 15 is 0 Å². The van der Waals surface area contributed by atoms with E-state index in [0.717, 1.165) is 6.42 Å². The molecule has 80 valence electrons. The van der Waals surface area contributed by atoms with Crippen molar-refractivity contribution < 1.29 is 9.53 Å². The summed E-state index contributed by atoms with van der Waals surface area (Å²) in [7, 11) is 1.42. The Bertz CT molecular complexity index is 339. The van der Waals surface area contributed by atoms with E-state index in [1.54, 1.807) is 0 Å². The number of carbonyl (C=O) groups excluding carboxylic acids is 1. The molecular weight excluding hydrogens is 188 g/mol. The second kappa shape index (κ2) is 6.02. The highest BCUT2D eigenvalue weighted by molar-refractivity contribution is 5.69. The molecule has 0 N–H and O–H groups in total. The topological polar surface area (TPSA) is 26.3 Å². The lowest BCUT2D eigenvalue weighted by atomic mass is 10.1. The first-order chi connectivity index (χ1) is 7.22. The molecule has 0 aliphatic carbocycles. The van der Waals surface area contributed by atoms with E-state index in [-0.39, 0.29) is 5.97 Å². The minimum absolute atomic E-state index is 0.157. The lowest BCUT2D eigenvalue weighted by molar-refractivity contribution is -0.140. The molecule has 0 aliphatic rings. The third-order valence-corrected chi connectivity index (χ3v) is 2.16. The predicted molar refractivity (Wildman–Crippen MR) is 61.3 cm³/mol. The lowest BCUT2D eigenvalue weighted by Gasteiger charge is -2.00. The standard InChI is InChI=1S/C13H16O2/c1-11(8-9-13(14)15-2)10-12-6-4-3-5-7-12/h3-7,10H,8-9H2,1-2H3/b11-10+. The van der Waals surface area contributed by atoms with Crippen LogP contribution in [-0.2, 0) is 9.53 Å². The van der Waals surface area contributed by atoms with Crippen molar-refractivity contribution in [2.45, 2.75) is 19.8 Å². The van der Waals surface area contributed by atoms with Gasteiger partial charge in [-0.25, -0.2) is 0 Å². The zero-order valence-corrected chi connectivity index (χ0v) is 9.19. The van der Waals surface area contributed by atoms with Gasteiger partial charge in [0.15, 0.2) is 0 Å². The van der Waals surface area contributed by atoms with Crippen LogP contribution in [0.4, 0.5) is 0 Å². The maximum atomic E-state index is 10.9. The third-order valence-electron chi connectivity index (χ3n) is 2.16. The van der Waals surface area contributed by atoms with Crippen LogP contribution in [0.25, 0.3) is 6.08 Å². The molecule has 0 aromatic heterocycles. The van der Waals surface area contributed by atoms with Crippen LogP contribution in [0.1, 0.15) is 25.3 Å². The molecule has 0 unspecified atom stereocenters. The van der Waals surface area contributed by atoms with Crippen molar-refractivity contribution in [3.8, 4) is 0 Å². The fraction of sp³-hybridized carbons (Fsp3) is 0.308. The average molecular weight is 204 g/mol. The van der Waals surface area contributed by atoms with Gasteiger partial charge in [-0.3, -0.25) is 4.79 Å². The lowest BCUT2D eigenvalue weighted by Crippen LogP contribution is -1.99. The summed E-state index contributed by atoms with van der Waals surface area (Å²) in [6.07, 6.45) is 3.29. The van der Waals surface area contributed by atoms with Crippen LogP contribution >= 0.6 is 0 Å². The Morgan fingerprint density at radius 1 is 1.27 bits per heavy atom. The predicted octanol–water partition coefficient (Wildman–Crippen LogP) is 3.04. The molecule has 0 fully saturated rings. The highest BCUT2D eigenvalue weighted by Crippen LogP contribution is 2.11. The van der Waals surface area contributed by atoms with Gasteiger partial charge < -0.3 is 4.74 Å². The van der Waals surface area contributed by atoms with Crippen LogP contribution in [0.3, 0.4) is 0 Å². The van der Waals surface area contributed by atoms with Crippen molar-refractivity contribution in [1.82, 2.24) is 0 Å². The van der Waals surface area contributed by atoms with Gasteiger partial charge in [-0.1, -0.05) is 42.0 Å². The highest BCUT2D eigenvalue weighted by Gasteiger charge is 2.00. The van der Waals surface area contributed by atoms with Gasteiger partial charge >= 0.3 is 5.97 Å². The van der Waals surface area contributed by atoms with Gasteiger partial charge in [0.25, 0.3) is 0 Å². The van der Waals surface area contributed by atoms with Crippen molar-refractivity contribution >= 4 is 12.0 Å². The molecule has 0 amide bonds. The molecule has 0 saturated carbocycles. The zero-order valence-electron chi connectivity index (χ0n) is 9.19. The number of allylic oxidation sites excluding steroid dienone is 1. The van der Waals surface area contributed by atoms with E-state index in [2.05, 4.69) is 10.8 Å². The first-order valence-corrected chi connectivity index (χ1v) is 5.01. The van der Waals surface area contributed by atoms with Gasteiger partial charge in [-0.2, -0.15) is 0 Å². The summed E-state index contributed by atoms with van der Waals surface area (Å²) >= 11 is 0. The number of carbonyl (C=O) groups is 1. The first-order valence-electron chi connectivity index (χ1n) is 5.01. The van der Waals surface area contributed by atoms with Gasteiger partial charge in [0.1, 0.15) is 0 Å². The Hall–Kier alpha value is -1.57. The minimum Gasteiger partial charge on any atom is -0.469 e. The average Bonchev–Trinajstić information content (AvgIpc) is 2.27. The molecule has 0 bridgehead atoms. The molecular formula is C13H16O2. The van der Waals surface area contributed by atoms with Gasteiger partial charge in [-0.15, -0.1) is 0 Å². The Kier molecular flexibility index (Phi) is 4.61. The summed E-state index contributed by atoms with van der Waals surface area (Å²) in [5.41, 5.74) is 2.35. The number of benzene rings is 1. The van der Waals surface area contributed by atoms with Gasteiger partial charge in [0.2, 0.25) is 0 Å². The van der Waals surface area contributed by atoms with E-state index in [1.807, 2.05) is 37.3 Å². The largest absolute Gasteiger partial charge is 0.469 e. The molecule has 0 spiro atoms. The summed E-state index contributed by atoms with van der Waals surface area (Å²) in [6, 6.07) is 10.1. The van der Waals surface area contributed by atoms with E-state index in [9.17, 15) is 4.79 Å². The second-order valence-electron chi connectivity index (χ2n) is 3.48. The monoisotopic (exact) mass is 204 g/mol. The van der Waals surface area contributed by atoms with Crippen molar-refractivity contribution in [3.63, 3.8) is 0 Å². The van der Waals surface area contributed by atoms with Crippen LogP contribution in [0.15, 0.2) is 35.9 Å².